The number of thiazole rings is 1. The molecule has 0 aliphatic heterocycles. The number of hydrogen-bond acceptors (Lipinski definition) is 5. The molecule has 0 radical (unpaired) electrons. The number of rotatable bonds is 6. The lowest BCUT2D eigenvalue weighted by Crippen LogP contribution is -2.22. The van der Waals surface area contributed by atoms with Crippen LogP contribution in [0.3, 0.4) is 0 Å². The largest absolute Gasteiger partial charge is 0.504 e. The molecule has 1 heterocycles. The summed E-state index contributed by atoms with van der Waals surface area (Å²) in [6, 6.07) is 11.2. The topological polar surface area (TPSA) is 71.5 Å². The Bertz CT molecular complexity index is 954. The van der Waals surface area contributed by atoms with Gasteiger partial charge in [0.2, 0.25) is 0 Å². The molecular formula is C20H19FN2O3S. The molecule has 0 saturated heterocycles. The predicted octanol–water partition coefficient (Wildman–Crippen LogP) is 3.83. The Balaban J connectivity index is 1.66. The summed E-state index contributed by atoms with van der Waals surface area (Å²) in [5.74, 6) is -0.0731. The number of amides is 1. The van der Waals surface area contributed by atoms with Crippen molar-refractivity contribution in [1.29, 1.82) is 0 Å². The van der Waals surface area contributed by atoms with Gasteiger partial charge in [-0.15, -0.1) is 11.3 Å². The molecule has 0 spiro atoms. The van der Waals surface area contributed by atoms with E-state index in [0.717, 1.165) is 16.1 Å². The van der Waals surface area contributed by atoms with Gasteiger partial charge in [0.05, 0.1) is 17.8 Å². The highest BCUT2D eigenvalue weighted by Crippen LogP contribution is 2.26. The predicted molar refractivity (Wildman–Crippen MR) is 102 cm³/mol. The highest BCUT2D eigenvalue weighted by Gasteiger charge is 2.15. The number of carbonyl (C=O) groups is 1. The zero-order valence-corrected chi connectivity index (χ0v) is 15.8. The quantitative estimate of drug-likeness (QED) is 0.676. The number of carbonyl (C=O) groups excluding carboxylic acids is 1. The van der Waals surface area contributed by atoms with Crippen LogP contribution in [0.1, 0.15) is 31.5 Å². The first kappa shape index (κ1) is 18.8. The van der Waals surface area contributed by atoms with E-state index in [1.165, 1.54) is 36.6 Å². The summed E-state index contributed by atoms with van der Waals surface area (Å²) in [6.45, 7) is 2.10. The lowest BCUT2D eigenvalue weighted by molar-refractivity contribution is 0.0954. The summed E-state index contributed by atoms with van der Waals surface area (Å²) < 4.78 is 18.1. The Morgan fingerprint density at radius 1 is 1.22 bits per heavy atom. The zero-order valence-electron chi connectivity index (χ0n) is 15.0. The van der Waals surface area contributed by atoms with Gasteiger partial charge in [0.1, 0.15) is 10.7 Å². The van der Waals surface area contributed by atoms with E-state index >= 15 is 0 Å². The highest BCUT2D eigenvalue weighted by molar-refractivity contribution is 7.13. The minimum Gasteiger partial charge on any atom is -0.504 e. The van der Waals surface area contributed by atoms with Gasteiger partial charge >= 0.3 is 0 Å². The Morgan fingerprint density at radius 3 is 2.63 bits per heavy atom. The van der Waals surface area contributed by atoms with Gasteiger partial charge in [-0.3, -0.25) is 4.79 Å². The molecule has 0 unspecified atom stereocenters. The van der Waals surface area contributed by atoms with E-state index < -0.39 is 0 Å². The molecule has 7 heteroatoms. The minimum atomic E-state index is -0.278. The van der Waals surface area contributed by atoms with Gasteiger partial charge in [-0.05, 0) is 42.3 Å². The van der Waals surface area contributed by atoms with E-state index in [0.29, 0.717) is 29.3 Å². The van der Waals surface area contributed by atoms with Crippen molar-refractivity contribution in [2.45, 2.75) is 19.9 Å². The molecule has 0 aliphatic carbocycles. The smallest absolute Gasteiger partial charge is 0.263 e. The highest BCUT2D eigenvalue weighted by atomic mass is 32.1. The fourth-order valence-corrected chi connectivity index (χ4v) is 3.63. The first-order chi connectivity index (χ1) is 13.0. The fraction of sp³-hybridized carbons (Fsp3) is 0.200. The second-order valence-corrected chi connectivity index (χ2v) is 7.10. The van der Waals surface area contributed by atoms with Crippen LogP contribution in [0, 0.1) is 12.7 Å². The number of nitrogens with one attached hydrogen (secondary N) is 1. The van der Waals surface area contributed by atoms with Crippen LogP contribution in [-0.4, -0.2) is 23.1 Å². The molecule has 0 bridgehead atoms. The molecule has 3 rings (SSSR count). The van der Waals surface area contributed by atoms with Gasteiger partial charge in [-0.2, -0.15) is 0 Å². The van der Waals surface area contributed by atoms with Gasteiger partial charge in [0, 0.05) is 13.0 Å². The Labute approximate surface area is 160 Å². The number of aromatic hydroxyl groups is 1. The van der Waals surface area contributed by atoms with Crippen molar-refractivity contribution < 1.29 is 19.0 Å². The number of phenolic OH excluding ortho intramolecular Hbond substituents is 1. The lowest BCUT2D eigenvalue weighted by atomic mass is 10.1. The average molecular weight is 386 g/mol. The molecule has 27 heavy (non-hydrogen) atoms. The number of benzene rings is 2. The first-order valence-electron chi connectivity index (χ1n) is 8.31. The average Bonchev–Trinajstić information content (AvgIpc) is 3.03. The van der Waals surface area contributed by atoms with Crippen molar-refractivity contribution in [2.75, 3.05) is 7.11 Å². The van der Waals surface area contributed by atoms with E-state index in [1.807, 2.05) is 0 Å². The molecule has 5 nitrogen and oxygen atoms in total. The molecule has 0 saturated carbocycles. The Kier molecular flexibility index (Phi) is 5.71. The number of phenols is 1. The summed E-state index contributed by atoms with van der Waals surface area (Å²) in [4.78, 5) is 17.5. The summed E-state index contributed by atoms with van der Waals surface area (Å²) in [7, 11) is 1.47. The zero-order chi connectivity index (χ0) is 19.4. The van der Waals surface area contributed by atoms with Crippen LogP contribution in [0.5, 0.6) is 11.5 Å². The van der Waals surface area contributed by atoms with Crippen molar-refractivity contribution in [3.8, 4) is 11.5 Å². The van der Waals surface area contributed by atoms with Gasteiger partial charge < -0.3 is 15.2 Å². The molecule has 2 aromatic carbocycles. The number of methoxy groups -OCH3 is 1. The summed E-state index contributed by atoms with van der Waals surface area (Å²) in [6.07, 6.45) is 0.550. The molecule has 2 N–H and O–H groups in total. The fourth-order valence-electron chi connectivity index (χ4n) is 2.61. The number of aryl methyl sites for hydroxylation is 1. The molecule has 0 aliphatic rings. The van der Waals surface area contributed by atoms with Crippen molar-refractivity contribution in [3.05, 3.63) is 75.0 Å². The summed E-state index contributed by atoms with van der Waals surface area (Å²) in [5, 5.41) is 13.3. The second-order valence-electron chi connectivity index (χ2n) is 6.01. The molecular weight excluding hydrogens is 367 g/mol. The molecule has 1 aromatic heterocycles. The van der Waals surface area contributed by atoms with E-state index in [-0.39, 0.29) is 17.5 Å². The van der Waals surface area contributed by atoms with Crippen LogP contribution in [0.25, 0.3) is 0 Å². The normalized spacial score (nSPS) is 10.6. The monoisotopic (exact) mass is 386 g/mol. The Morgan fingerprint density at radius 2 is 1.93 bits per heavy atom. The van der Waals surface area contributed by atoms with E-state index in [2.05, 4.69) is 10.3 Å². The number of aromatic nitrogens is 1. The number of nitrogens with zero attached hydrogens (tertiary/aromatic N) is 1. The maximum atomic E-state index is 13.0. The molecule has 1 amide bonds. The van der Waals surface area contributed by atoms with Crippen molar-refractivity contribution in [1.82, 2.24) is 10.3 Å². The maximum Gasteiger partial charge on any atom is 0.263 e. The van der Waals surface area contributed by atoms with Gasteiger partial charge in [-0.1, -0.05) is 18.2 Å². The van der Waals surface area contributed by atoms with E-state index in [9.17, 15) is 14.3 Å². The van der Waals surface area contributed by atoms with Crippen LogP contribution >= 0.6 is 11.3 Å². The molecule has 140 valence electrons. The molecule has 3 aromatic rings. The van der Waals surface area contributed by atoms with Crippen LogP contribution in [0.2, 0.25) is 0 Å². The van der Waals surface area contributed by atoms with Crippen LogP contribution in [-0.2, 0) is 13.0 Å². The van der Waals surface area contributed by atoms with E-state index in [4.69, 9.17) is 4.74 Å². The van der Waals surface area contributed by atoms with E-state index in [1.54, 1.807) is 31.2 Å². The molecule has 0 atom stereocenters. The van der Waals surface area contributed by atoms with Crippen LogP contribution in [0.15, 0.2) is 42.5 Å². The third-order valence-electron chi connectivity index (χ3n) is 4.01. The van der Waals surface area contributed by atoms with Crippen LogP contribution < -0.4 is 10.1 Å². The number of halogens is 1. The minimum absolute atomic E-state index is 0.0521. The SMILES string of the molecule is COc1cc(CNC(=O)c2sc(Cc3ccc(F)cc3)nc2C)ccc1O. The van der Waals surface area contributed by atoms with Gasteiger partial charge in [0.15, 0.2) is 11.5 Å². The maximum absolute atomic E-state index is 13.0. The summed E-state index contributed by atoms with van der Waals surface area (Å²) in [5.41, 5.74) is 2.41. The first-order valence-corrected chi connectivity index (χ1v) is 9.12. The van der Waals surface area contributed by atoms with Crippen molar-refractivity contribution in [3.63, 3.8) is 0 Å². The lowest BCUT2D eigenvalue weighted by Gasteiger charge is -2.08. The third kappa shape index (κ3) is 4.62. The number of hydrogen-bond donors (Lipinski definition) is 2. The van der Waals surface area contributed by atoms with Gasteiger partial charge in [0.25, 0.3) is 5.91 Å². The molecule has 0 fully saturated rings. The van der Waals surface area contributed by atoms with Gasteiger partial charge in [-0.25, -0.2) is 9.37 Å². The third-order valence-corrected chi connectivity index (χ3v) is 5.17. The standard InChI is InChI=1S/C20H19FN2O3S/c1-12-19(27-18(23-12)10-13-3-6-15(21)7-4-13)20(25)22-11-14-5-8-16(24)17(9-14)26-2/h3-9,24H,10-11H2,1-2H3,(H,22,25). The Hall–Kier alpha value is -2.93. The summed E-state index contributed by atoms with van der Waals surface area (Å²) >= 11 is 1.33. The number of ether oxygens (including phenoxy) is 1. The second kappa shape index (κ2) is 8.18. The van der Waals surface area contributed by atoms with Crippen LogP contribution in [0.4, 0.5) is 4.39 Å². The van der Waals surface area contributed by atoms with Crippen molar-refractivity contribution >= 4 is 17.2 Å². The van der Waals surface area contributed by atoms with Crippen molar-refractivity contribution in [2.24, 2.45) is 0 Å².